The van der Waals surface area contributed by atoms with Crippen molar-refractivity contribution in [2.24, 2.45) is 5.92 Å². The fraction of sp³-hybridized carbons (Fsp3) is 1.00. The van der Waals surface area contributed by atoms with Crippen molar-refractivity contribution in [2.75, 3.05) is 19.7 Å². The molecule has 1 heterocycles. The Kier molecular flexibility index (Phi) is 3.62. The van der Waals surface area contributed by atoms with E-state index in [1.807, 2.05) is 0 Å². The molecule has 1 N–H and O–H groups in total. The van der Waals surface area contributed by atoms with Crippen LogP contribution in [0.25, 0.3) is 0 Å². The molecule has 0 bridgehead atoms. The third kappa shape index (κ3) is 2.96. The van der Waals surface area contributed by atoms with Crippen LogP contribution in [0.4, 0.5) is 0 Å². The molecule has 1 aliphatic heterocycles. The van der Waals surface area contributed by atoms with Gasteiger partial charge in [-0.2, -0.15) is 0 Å². The molecular formula is C11H21NO. The molecule has 0 radical (unpaired) electrons. The number of ether oxygens (including phenoxy) is 1. The number of hydrogen-bond donors (Lipinski definition) is 1. The van der Waals surface area contributed by atoms with Gasteiger partial charge in [-0.25, -0.2) is 0 Å². The Bertz CT molecular complexity index is 137. The molecule has 0 unspecified atom stereocenters. The summed E-state index contributed by atoms with van der Waals surface area (Å²) in [6.45, 7) is 3.24. The van der Waals surface area contributed by atoms with Crippen LogP contribution in [0.3, 0.4) is 0 Å². The normalized spacial score (nSPS) is 30.9. The van der Waals surface area contributed by atoms with Gasteiger partial charge in [0.2, 0.25) is 0 Å². The van der Waals surface area contributed by atoms with Crippen LogP contribution in [0.2, 0.25) is 0 Å². The largest absolute Gasteiger partial charge is 0.377 e. The number of rotatable bonds is 3. The zero-order valence-corrected chi connectivity index (χ0v) is 8.43. The summed E-state index contributed by atoms with van der Waals surface area (Å²) in [6.07, 6.45) is 8.84. The lowest BCUT2D eigenvalue weighted by atomic mass is 9.90. The minimum atomic E-state index is 0.516. The molecule has 0 aromatic rings. The Morgan fingerprint density at radius 2 is 1.92 bits per heavy atom. The van der Waals surface area contributed by atoms with Crippen molar-refractivity contribution in [1.82, 2.24) is 5.32 Å². The van der Waals surface area contributed by atoms with Gasteiger partial charge in [0.1, 0.15) is 0 Å². The summed E-state index contributed by atoms with van der Waals surface area (Å²) >= 11 is 0. The Hall–Kier alpha value is -0.0800. The summed E-state index contributed by atoms with van der Waals surface area (Å²) in [5.41, 5.74) is 0. The molecule has 2 heteroatoms. The van der Waals surface area contributed by atoms with E-state index in [2.05, 4.69) is 5.32 Å². The molecule has 1 saturated carbocycles. The highest BCUT2D eigenvalue weighted by atomic mass is 16.5. The Labute approximate surface area is 81.0 Å². The van der Waals surface area contributed by atoms with Crippen LogP contribution in [0.5, 0.6) is 0 Å². The fourth-order valence-electron chi connectivity index (χ4n) is 2.40. The molecule has 2 fully saturated rings. The van der Waals surface area contributed by atoms with Gasteiger partial charge in [0.05, 0.1) is 6.10 Å². The van der Waals surface area contributed by atoms with Gasteiger partial charge >= 0.3 is 0 Å². The maximum atomic E-state index is 5.88. The summed E-state index contributed by atoms with van der Waals surface area (Å²) in [7, 11) is 0. The molecule has 2 rings (SSSR count). The molecule has 2 nitrogen and oxygen atoms in total. The van der Waals surface area contributed by atoms with Gasteiger partial charge in [-0.15, -0.1) is 0 Å². The lowest BCUT2D eigenvalue weighted by Gasteiger charge is -2.22. The van der Waals surface area contributed by atoms with Gasteiger partial charge in [-0.1, -0.05) is 19.3 Å². The van der Waals surface area contributed by atoms with Crippen molar-refractivity contribution in [2.45, 2.75) is 44.6 Å². The highest BCUT2D eigenvalue weighted by Crippen LogP contribution is 2.24. The molecular weight excluding hydrogens is 162 g/mol. The van der Waals surface area contributed by atoms with Gasteiger partial charge in [-0.3, -0.25) is 0 Å². The minimum absolute atomic E-state index is 0.516. The first-order valence-corrected chi connectivity index (χ1v) is 5.77. The molecule has 0 aromatic carbocycles. The zero-order valence-electron chi connectivity index (χ0n) is 8.43. The third-order valence-corrected chi connectivity index (χ3v) is 3.31. The van der Waals surface area contributed by atoms with Crippen molar-refractivity contribution in [1.29, 1.82) is 0 Å². The molecule has 2 aliphatic rings. The Morgan fingerprint density at radius 3 is 2.62 bits per heavy atom. The highest BCUT2D eigenvalue weighted by molar-refractivity contribution is 4.72. The van der Waals surface area contributed by atoms with Crippen LogP contribution in [0, 0.1) is 5.92 Å². The lowest BCUT2D eigenvalue weighted by Crippen LogP contribution is -2.21. The summed E-state index contributed by atoms with van der Waals surface area (Å²) in [5.74, 6) is 0.870. The fourth-order valence-corrected chi connectivity index (χ4v) is 2.40. The van der Waals surface area contributed by atoms with Crippen molar-refractivity contribution < 1.29 is 4.74 Å². The SMILES string of the molecule is C1CCC(CO[C@H]2CCNC2)CC1. The number of hydrogen-bond acceptors (Lipinski definition) is 2. The van der Waals surface area contributed by atoms with Crippen LogP contribution in [-0.4, -0.2) is 25.8 Å². The van der Waals surface area contributed by atoms with Crippen LogP contribution in [0.15, 0.2) is 0 Å². The van der Waals surface area contributed by atoms with E-state index in [0.717, 1.165) is 25.6 Å². The first kappa shape index (κ1) is 9.47. The van der Waals surface area contributed by atoms with E-state index in [-0.39, 0.29) is 0 Å². The highest BCUT2D eigenvalue weighted by Gasteiger charge is 2.18. The molecule has 0 spiro atoms. The molecule has 1 saturated heterocycles. The van der Waals surface area contributed by atoms with Crippen LogP contribution in [0.1, 0.15) is 38.5 Å². The molecule has 0 aromatic heterocycles. The molecule has 13 heavy (non-hydrogen) atoms. The smallest absolute Gasteiger partial charge is 0.0711 e. The predicted octanol–water partition coefficient (Wildman–Crippen LogP) is 1.95. The minimum Gasteiger partial charge on any atom is -0.377 e. The van der Waals surface area contributed by atoms with Gasteiger partial charge in [-0.05, 0) is 31.7 Å². The van der Waals surface area contributed by atoms with Gasteiger partial charge in [0, 0.05) is 13.2 Å². The third-order valence-electron chi connectivity index (χ3n) is 3.31. The second-order valence-electron chi connectivity index (χ2n) is 4.45. The topological polar surface area (TPSA) is 21.3 Å². The van der Waals surface area contributed by atoms with E-state index < -0.39 is 0 Å². The second kappa shape index (κ2) is 4.97. The maximum absolute atomic E-state index is 5.88. The van der Waals surface area contributed by atoms with E-state index in [9.17, 15) is 0 Å². The first-order chi connectivity index (χ1) is 6.45. The summed E-state index contributed by atoms with van der Waals surface area (Å²) in [5, 5.41) is 3.34. The van der Waals surface area contributed by atoms with Crippen molar-refractivity contribution in [3.63, 3.8) is 0 Å². The molecule has 1 aliphatic carbocycles. The van der Waals surface area contributed by atoms with Gasteiger partial charge in [0.25, 0.3) is 0 Å². The van der Waals surface area contributed by atoms with E-state index in [1.54, 1.807) is 0 Å². The van der Waals surface area contributed by atoms with Crippen molar-refractivity contribution >= 4 is 0 Å². The van der Waals surface area contributed by atoms with Crippen LogP contribution >= 0.6 is 0 Å². The Morgan fingerprint density at radius 1 is 1.08 bits per heavy atom. The quantitative estimate of drug-likeness (QED) is 0.722. The molecule has 76 valence electrons. The van der Waals surface area contributed by atoms with Gasteiger partial charge in [0.15, 0.2) is 0 Å². The van der Waals surface area contributed by atoms with Crippen LogP contribution < -0.4 is 5.32 Å². The van der Waals surface area contributed by atoms with E-state index >= 15 is 0 Å². The van der Waals surface area contributed by atoms with E-state index in [4.69, 9.17) is 4.74 Å². The average molecular weight is 183 g/mol. The number of nitrogens with one attached hydrogen (secondary N) is 1. The lowest BCUT2D eigenvalue weighted by molar-refractivity contribution is 0.0321. The first-order valence-electron chi connectivity index (χ1n) is 5.77. The van der Waals surface area contributed by atoms with E-state index in [1.165, 1.54) is 38.5 Å². The summed E-state index contributed by atoms with van der Waals surface area (Å²) < 4.78 is 5.88. The van der Waals surface area contributed by atoms with Crippen molar-refractivity contribution in [3.05, 3.63) is 0 Å². The van der Waals surface area contributed by atoms with Crippen LogP contribution in [-0.2, 0) is 4.74 Å². The monoisotopic (exact) mass is 183 g/mol. The van der Waals surface area contributed by atoms with E-state index in [0.29, 0.717) is 6.10 Å². The summed E-state index contributed by atoms with van der Waals surface area (Å²) in [4.78, 5) is 0. The second-order valence-corrected chi connectivity index (χ2v) is 4.45. The standard InChI is InChI=1S/C11H21NO/c1-2-4-10(5-3-1)9-13-11-6-7-12-8-11/h10-12H,1-9H2/t11-/m0/s1. The predicted molar refractivity (Wildman–Crippen MR) is 53.8 cm³/mol. The van der Waals surface area contributed by atoms with Gasteiger partial charge < -0.3 is 10.1 Å². The maximum Gasteiger partial charge on any atom is 0.0711 e. The Balaban J connectivity index is 1.60. The zero-order chi connectivity index (χ0) is 8.93. The molecule has 0 amide bonds. The van der Waals surface area contributed by atoms with Crippen molar-refractivity contribution in [3.8, 4) is 0 Å². The average Bonchev–Trinajstić information content (AvgIpc) is 2.69. The summed E-state index contributed by atoms with van der Waals surface area (Å²) in [6, 6.07) is 0. The molecule has 1 atom stereocenters.